The van der Waals surface area contributed by atoms with Crippen molar-refractivity contribution in [2.45, 2.75) is 6.92 Å². The SMILES string of the molecule is COc1ccccc1NC(=O)c1sccc1-c1ccc(C)cc1. The van der Waals surface area contributed by atoms with E-state index in [0.717, 1.165) is 11.1 Å². The zero-order valence-corrected chi connectivity index (χ0v) is 13.8. The Hall–Kier alpha value is -2.59. The zero-order valence-electron chi connectivity index (χ0n) is 13.0. The highest BCUT2D eigenvalue weighted by Crippen LogP contribution is 2.30. The monoisotopic (exact) mass is 323 g/mol. The van der Waals surface area contributed by atoms with Crippen LogP contribution in [0.2, 0.25) is 0 Å². The number of carbonyl (C=O) groups is 1. The molecule has 1 aromatic heterocycles. The molecule has 0 atom stereocenters. The average molecular weight is 323 g/mol. The van der Waals surface area contributed by atoms with E-state index in [9.17, 15) is 4.79 Å². The van der Waals surface area contributed by atoms with Crippen LogP contribution in [0, 0.1) is 6.92 Å². The fraction of sp³-hybridized carbons (Fsp3) is 0.105. The lowest BCUT2D eigenvalue weighted by Crippen LogP contribution is -2.12. The fourth-order valence-electron chi connectivity index (χ4n) is 2.37. The summed E-state index contributed by atoms with van der Waals surface area (Å²) in [5, 5.41) is 4.87. The number of rotatable bonds is 4. The number of methoxy groups -OCH3 is 1. The van der Waals surface area contributed by atoms with E-state index in [-0.39, 0.29) is 5.91 Å². The van der Waals surface area contributed by atoms with Gasteiger partial charge < -0.3 is 10.1 Å². The minimum absolute atomic E-state index is 0.125. The van der Waals surface area contributed by atoms with Gasteiger partial charge >= 0.3 is 0 Å². The number of aryl methyl sites for hydroxylation is 1. The Bertz CT molecular complexity index is 821. The summed E-state index contributed by atoms with van der Waals surface area (Å²) in [6, 6.07) is 17.6. The van der Waals surface area contributed by atoms with Gasteiger partial charge in [0.05, 0.1) is 17.7 Å². The summed E-state index contributed by atoms with van der Waals surface area (Å²) in [5.74, 6) is 0.523. The molecular weight excluding hydrogens is 306 g/mol. The van der Waals surface area contributed by atoms with E-state index in [1.165, 1.54) is 16.9 Å². The van der Waals surface area contributed by atoms with Gasteiger partial charge in [0.25, 0.3) is 5.91 Å². The molecule has 0 saturated carbocycles. The van der Waals surface area contributed by atoms with Crippen LogP contribution in [0.1, 0.15) is 15.2 Å². The van der Waals surface area contributed by atoms with E-state index in [0.29, 0.717) is 16.3 Å². The van der Waals surface area contributed by atoms with Gasteiger partial charge in [0.1, 0.15) is 5.75 Å². The van der Waals surface area contributed by atoms with Crippen LogP contribution < -0.4 is 10.1 Å². The third-order valence-electron chi connectivity index (χ3n) is 3.59. The Kier molecular flexibility index (Phi) is 4.44. The van der Waals surface area contributed by atoms with Crippen molar-refractivity contribution in [2.75, 3.05) is 12.4 Å². The molecule has 23 heavy (non-hydrogen) atoms. The smallest absolute Gasteiger partial charge is 0.266 e. The number of amides is 1. The molecule has 0 aliphatic carbocycles. The average Bonchev–Trinajstić information content (AvgIpc) is 3.06. The Balaban J connectivity index is 1.89. The van der Waals surface area contributed by atoms with Gasteiger partial charge in [-0.15, -0.1) is 11.3 Å². The van der Waals surface area contributed by atoms with Crippen molar-refractivity contribution in [3.8, 4) is 16.9 Å². The summed E-state index contributed by atoms with van der Waals surface area (Å²) in [4.78, 5) is 13.3. The minimum Gasteiger partial charge on any atom is -0.495 e. The molecule has 0 aliphatic heterocycles. The summed E-state index contributed by atoms with van der Waals surface area (Å²) in [5.41, 5.74) is 3.86. The Morgan fingerprint density at radius 3 is 2.52 bits per heavy atom. The van der Waals surface area contributed by atoms with Crippen molar-refractivity contribution in [1.82, 2.24) is 0 Å². The number of ether oxygens (including phenoxy) is 1. The Labute approximate surface area is 139 Å². The van der Waals surface area contributed by atoms with Crippen LogP contribution in [0.5, 0.6) is 5.75 Å². The number of nitrogens with one attached hydrogen (secondary N) is 1. The van der Waals surface area contributed by atoms with E-state index in [1.54, 1.807) is 7.11 Å². The molecule has 0 aliphatic rings. The number of anilines is 1. The second-order valence-corrected chi connectivity index (χ2v) is 6.10. The first-order chi connectivity index (χ1) is 11.2. The van der Waals surface area contributed by atoms with Crippen LogP contribution >= 0.6 is 11.3 Å². The lowest BCUT2D eigenvalue weighted by Gasteiger charge is -2.10. The largest absolute Gasteiger partial charge is 0.495 e. The third kappa shape index (κ3) is 3.27. The molecule has 4 heteroatoms. The van der Waals surface area contributed by atoms with Gasteiger partial charge in [0.15, 0.2) is 0 Å². The fourth-order valence-corrected chi connectivity index (χ4v) is 3.18. The van der Waals surface area contributed by atoms with Gasteiger partial charge in [-0.25, -0.2) is 0 Å². The predicted molar refractivity (Wildman–Crippen MR) is 95.4 cm³/mol. The molecule has 3 nitrogen and oxygen atoms in total. The van der Waals surface area contributed by atoms with Crippen molar-refractivity contribution in [1.29, 1.82) is 0 Å². The van der Waals surface area contributed by atoms with Crippen molar-refractivity contribution < 1.29 is 9.53 Å². The molecule has 0 saturated heterocycles. The molecule has 1 heterocycles. The molecule has 3 rings (SSSR count). The molecule has 0 fully saturated rings. The zero-order chi connectivity index (χ0) is 16.2. The van der Waals surface area contributed by atoms with Crippen LogP contribution in [-0.4, -0.2) is 13.0 Å². The maximum absolute atomic E-state index is 12.6. The highest BCUT2D eigenvalue weighted by Gasteiger charge is 2.16. The predicted octanol–water partition coefficient (Wildman–Crippen LogP) is 4.98. The summed E-state index contributed by atoms with van der Waals surface area (Å²) < 4.78 is 5.28. The lowest BCUT2D eigenvalue weighted by molar-refractivity contribution is 0.103. The van der Waals surface area contributed by atoms with Gasteiger partial charge in [-0.2, -0.15) is 0 Å². The number of benzene rings is 2. The summed E-state index contributed by atoms with van der Waals surface area (Å²) in [6.45, 7) is 2.05. The van der Waals surface area contributed by atoms with E-state index >= 15 is 0 Å². The molecular formula is C19H17NO2S. The number of carbonyl (C=O) groups excluding carboxylic acids is 1. The Morgan fingerprint density at radius 1 is 1.04 bits per heavy atom. The van der Waals surface area contributed by atoms with Crippen LogP contribution in [-0.2, 0) is 0 Å². The standard InChI is InChI=1S/C19H17NO2S/c1-13-7-9-14(10-8-13)15-11-12-23-18(15)19(21)20-16-5-3-4-6-17(16)22-2/h3-12H,1-2H3,(H,20,21). The number of hydrogen-bond acceptors (Lipinski definition) is 3. The van der Waals surface area contributed by atoms with Crippen LogP contribution in [0.4, 0.5) is 5.69 Å². The first kappa shape index (κ1) is 15.3. The van der Waals surface area contributed by atoms with Gasteiger partial charge in [-0.05, 0) is 36.1 Å². The van der Waals surface area contributed by atoms with E-state index in [1.807, 2.05) is 54.8 Å². The third-order valence-corrected chi connectivity index (χ3v) is 4.50. The van der Waals surface area contributed by atoms with Crippen LogP contribution in [0.3, 0.4) is 0 Å². The summed E-state index contributed by atoms with van der Waals surface area (Å²) in [7, 11) is 1.59. The molecule has 0 spiro atoms. The molecule has 0 bridgehead atoms. The van der Waals surface area contributed by atoms with Crippen molar-refractivity contribution in [2.24, 2.45) is 0 Å². The molecule has 1 amide bonds. The van der Waals surface area contributed by atoms with E-state index < -0.39 is 0 Å². The minimum atomic E-state index is -0.125. The van der Waals surface area contributed by atoms with Crippen LogP contribution in [0.15, 0.2) is 60.0 Å². The van der Waals surface area contributed by atoms with Crippen LogP contribution in [0.25, 0.3) is 11.1 Å². The lowest BCUT2D eigenvalue weighted by atomic mass is 10.0. The van der Waals surface area contributed by atoms with Crippen molar-refractivity contribution in [3.63, 3.8) is 0 Å². The van der Waals surface area contributed by atoms with Gasteiger partial charge in [0, 0.05) is 5.56 Å². The molecule has 0 unspecified atom stereocenters. The normalized spacial score (nSPS) is 10.3. The van der Waals surface area contributed by atoms with Gasteiger partial charge in [-0.3, -0.25) is 4.79 Å². The Morgan fingerprint density at radius 2 is 1.78 bits per heavy atom. The number of para-hydroxylation sites is 2. The second-order valence-electron chi connectivity index (χ2n) is 5.18. The van der Waals surface area contributed by atoms with Crippen molar-refractivity contribution >= 4 is 22.9 Å². The van der Waals surface area contributed by atoms with E-state index in [4.69, 9.17) is 4.74 Å². The highest BCUT2D eigenvalue weighted by atomic mass is 32.1. The topological polar surface area (TPSA) is 38.3 Å². The number of hydrogen-bond donors (Lipinski definition) is 1. The van der Waals surface area contributed by atoms with Gasteiger partial charge in [-0.1, -0.05) is 42.0 Å². The molecule has 0 radical (unpaired) electrons. The quantitative estimate of drug-likeness (QED) is 0.735. The molecule has 1 N–H and O–H groups in total. The first-order valence-corrected chi connectivity index (χ1v) is 8.16. The molecule has 116 valence electrons. The molecule has 2 aromatic carbocycles. The second kappa shape index (κ2) is 6.67. The van der Waals surface area contributed by atoms with E-state index in [2.05, 4.69) is 17.4 Å². The molecule has 3 aromatic rings. The van der Waals surface area contributed by atoms with Crippen molar-refractivity contribution in [3.05, 3.63) is 70.4 Å². The summed E-state index contributed by atoms with van der Waals surface area (Å²) in [6.07, 6.45) is 0. The maximum atomic E-state index is 12.6. The number of thiophene rings is 1. The van der Waals surface area contributed by atoms with Gasteiger partial charge in [0.2, 0.25) is 0 Å². The summed E-state index contributed by atoms with van der Waals surface area (Å²) >= 11 is 1.44. The maximum Gasteiger partial charge on any atom is 0.266 e. The first-order valence-electron chi connectivity index (χ1n) is 7.28. The highest BCUT2D eigenvalue weighted by molar-refractivity contribution is 7.12.